The number of nitrogens with two attached hydrogens (primary N) is 1. The van der Waals surface area contributed by atoms with Gasteiger partial charge in [-0.2, -0.15) is 0 Å². The molecule has 0 radical (unpaired) electrons. The molecule has 0 spiro atoms. The second-order valence-corrected chi connectivity index (χ2v) is 6.37. The number of aromatic nitrogens is 1. The molecule has 3 nitrogen and oxygen atoms in total. The van der Waals surface area contributed by atoms with Gasteiger partial charge in [-0.05, 0) is 32.7 Å². The normalized spacial score (nSPS) is 18.6. The highest BCUT2D eigenvalue weighted by molar-refractivity contribution is 7.15. The van der Waals surface area contributed by atoms with Crippen molar-refractivity contribution in [3.8, 4) is 0 Å². The van der Waals surface area contributed by atoms with Crippen molar-refractivity contribution in [3.05, 3.63) is 11.1 Å². The summed E-state index contributed by atoms with van der Waals surface area (Å²) in [6, 6.07) is 0.665. The number of nitrogen functional groups attached to an aromatic ring is 1. The molecule has 1 aliphatic carbocycles. The van der Waals surface area contributed by atoms with E-state index in [1.54, 1.807) is 11.3 Å². The van der Waals surface area contributed by atoms with Crippen LogP contribution in [-0.4, -0.2) is 23.0 Å². The molecule has 1 aliphatic rings. The zero-order valence-electron chi connectivity index (χ0n) is 11.3. The van der Waals surface area contributed by atoms with Crippen molar-refractivity contribution in [2.24, 2.45) is 5.92 Å². The molecule has 0 aliphatic heterocycles. The summed E-state index contributed by atoms with van der Waals surface area (Å²) in [4.78, 5) is 7.83. The lowest BCUT2D eigenvalue weighted by molar-refractivity contribution is 0.152. The Labute approximate surface area is 120 Å². The smallest absolute Gasteiger partial charge is 0.180 e. The Hall–Kier alpha value is -0.320. The predicted molar refractivity (Wildman–Crippen MR) is 81.3 cm³/mol. The topological polar surface area (TPSA) is 42.2 Å². The minimum Gasteiger partial charge on any atom is -0.375 e. The van der Waals surface area contributed by atoms with E-state index in [1.807, 2.05) is 6.20 Å². The second-order valence-electron chi connectivity index (χ2n) is 5.22. The zero-order chi connectivity index (χ0) is 12.3. The van der Waals surface area contributed by atoms with E-state index in [4.69, 9.17) is 5.73 Å². The monoisotopic (exact) mass is 289 g/mol. The minimum atomic E-state index is 0. The van der Waals surface area contributed by atoms with E-state index in [0.29, 0.717) is 11.2 Å². The van der Waals surface area contributed by atoms with Crippen LogP contribution in [0, 0.1) is 5.92 Å². The van der Waals surface area contributed by atoms with Gasteiger partial charge in [0.2, 0.25) is 0 Å². The highest BCUT2D eigenvalue weighted by Gasteiger charge is 2.23. The van der Waals surface area contributed by atoms with Crippen LogP contribution in [0.3, 0.4) is 0 Å². The summed E-state index contributed by atoms with van der Waals surface area (Å²) in [6.45, 7) is 3.34. The van der Waals surface area contributed by atoms with E-state index in [9.17, 15) is 0 Å². The number of hydrogen-bond acceptors (Lipinski definition) is 4. The molecule has 0 amide bonds. The molecule has 5 heteroatoms. The molecule has 2 N–H and O–H groups in total. The lowest BCUT2D eigenvalue weighted by Crippen LogP contribution is -2.35. The van der Waals surface area contributed by atoms with Gasteiger partial charge in [0.25, 0.3) is 0 Å². The highest BCUT2D eigenvalue weighted by Crippen LogP contribution is 2.29. The molecule has 1 saturated carbocycles. The van der Waals surface area contributed by atoms with E-state index in [2.05, 4.69) is 23.9 Å². The molecule has 0 saturated heterocycles. The summed E-state index contributed by atoms with van der Waals surface area (Å²) in [6.07, 6.45) is 8.96. The molecule has 104 valence electrons. The van der Waals surface area contributed by atoms with Gasteiger partial charge in [-0.1, -0.05) is 19.3 Å². The number of thiazole rings is 1. The van der Waals surface area contributed by atoms with Gasteiger partial charge in [-0.3, -0.25) is 4.90 Å². The van der Waals surface area contributed by atoms with Crippen LogP contribution >= 0.6 is 23.7 Å². The molecule has 18 heavy (non-hydrogen) atoms. The molecular formula is C13H24ClN3S. The fourth-order valence-electron chi connectivity index (χ4n) is 2.76. The van der Waals surface area contributed by atoms with E-state index < -0.39 is 0 Å². The Bertz CT molecular complexity index is 350. The molecule has 1 heterocycles. The third kappa shape index (κ3) is 4.11. The molecule has 1 aromatic heterocycles. The first kappa shape index (κ1) is 15.7. The van der Waals surface area contributed by atoms with Crippen molar-refractivity contribution in [1.29, 1.82) is 0 Å². The Morgan fingerprint density at radius 2 is 2.11 bits per heavy atom. The molecule has 0 bridgehead atoms. The molecular weight excluding hydrogens is 266 g/mol. The Morgan fingerprint density at radius 3 is 2.67 bits per heavy atom. The third-order valence-electron chi connectivity index (χ3n) is 4.00. The van der Waals surface area contributed by atoms with Crippen molar-refractivity contribution in [2.75, 3.05) is 12.8 Å². The summed E-state index contributed by atoms with van der Waals surface area (Å²) in [5, 5.41) is 0.679. The largest absolute Gasteiger partial charge is 0.375 e. The van der Waals surface area contributed by atoms with Crippen LogP contribution in [0.4, 0.5) is 5.13 Å². The molecule has 1 fully saturated rings. The molecule has 0 aromatic carbocycles. The maximum atomic E-state index is 5.66. The van der Waals surface area contributed by atoms with E-state index >= 15 is 0 Å². The van der Waals surface area contributed by atoms with E-state index in [-0.39, 0.29) is 12.4 Å². The Balaban J connectivity index is 0.00000162. The van der Waals surface area contributed by atoms with Crippen molar-refractivity contribution in [1.82, 2.24) is 9.88 Å². The molecule has 2 rings (SSSR count). The van der Waals surface area contributed by atoms with Crippen LogP contribution in [-0.2, 0) is 6.54 Å². The lowest BCUT2D eigenvalue weighted by Gasteiger charge is -2.34. The van der Waals surface area contributed by atoms with Gasteiger partial charge < -0.3 is 5.73 Å². The number of anilines is 1. The fraction of sp³-hybridized carbons (Fsp3) is 0.769. The predicted octanol–water partition coefficient (Wildman–Crippen LogP) is 3.55. The Kier molecular flexibility index (Phi) is 6.39. The SMILES string of the molecule is C[C@@H](C1CCCCC1)N(C)Cc1cnc(N)s1.Cl. The minimum absolute atomic E-state index is 0. The zero-order valence-corrected chi connectivity index (χ0v) is 12.9. The number of hydrogen-bond donors (Lipinski definition) is 1. The standard InChI is InChI=1S/C13H23N3S.ClH/c1-10(11-6-4-3-5-7-11)16(2)9-12-8-15-13(14)17-12;/h8,10-11H,3-7,9H2,1-2H3,(H2,14,15);1H/t10-;/m0./s1. The second kappa shape index (κ2) is 7.31. The van der Waals surface area contributed by atoms with Gasteiger partial charge >= 0.3 is 0 Å². The average molecular weight is 290 g/mol. The maximum absolute atomic E-state index is 5.66. The van der Waals surface area contributed by atoms with Gasteiger partial charge in [0.15, 0.2) is 5.13 Å². The van der Waals surface area contributed by atoms with Crippen LogP contribution in [0.2, 0.25) is 0 Å². The number of rotatable bonds is 4. The summed E-state index contributed by atoms with van der Waals surface area (Å²) in [7, 11) is 2.22. The van der Waals surface area contributed by atoms with Gasteiger partial charge in [0.05, 0.1) is 0 Å². The van der Waals surface area contributed by atoms with Crippen molar-refractivity contribution < 1.29 is 0 Å². The summed E-state index contributed by atoms with van der Waals surface area (Å²) in [5.74, 6) is 0.874. The van der Waals surface area contributed by atoms with Crippen LogP contribution < -0.4 is 5.73 Å². The first-order valence-electron chi connectivity index (χ1n) is 6.57. The van der Waals surface area contributed by atoms with Gasteiger partial charge in [0, 0.05) is 23.7 Å². The highest BCUT2D eigenvalue weighted by atomic mass is 35.5. The summed E-state index contributed by atoms with van der Waals surface area (Å²) >= 11 is 1.61. The van der Waals surface area contributed by atoms with Crippen LogP contribution in [0.5, 0.6) is 0 Å². The Morgan fingerprint density at radius 1 is 1.44 bits per heavy atom. The van der Waals surface area contributed by atoms with Crippen LogP contribution in [0.15, 0.2) is 6.20 Å². The lowest BCUT2D eigenvalue weighted by atomic mass is 9.84. The number of nitrogens with zero attached hydrogens (tertiary/aromatic N) is 2. The van der Waals surface area contributed by atoms with Crippen molar-refractivity contribution in [3.63, 3.8) is 0 Å². The molecule has 1 aromatic rings. The quantitative estimate of drug-likeness (QED) is 0.922. The van der Waals surface area contributed by atoms with Crippen molar-refractivity contribution in [2.45, 2.75) is 51.6 Å². The first-order valence-corrected chi connectivity index (χ1v) is 7.39. The molecule has 1 atom stereocenters. The third-order valence-corrected chi connectivity index (χ3v) is 4.82. The maximum Gasteiger partial charge on any atom is 0.180 e. The van der Waals surface area contributed by atoms with Gasteiger partial charge in [0.1, 0.15) is 0 Å². The van der Waals surface area contributed by atoms with E-state index in [0.717, 1.165) is 12.5 Å². The van der Waals surface area contributed by atoms with Gasteiger partial charge in [-0.25, -0.2) is 4.98 Å². The van der Waals surface area contributed by atoms with Gasteiger partial charge in [-0.15, -0.1) is 23.7 Å². The van der Waals surface area contributed by atoms with E-state index in [1.165, 1.54) is 37.0 Å². The van der Waals surface area contributed by atoms with Crippen LogP contribution in [0.25, 0.3) is 0 Å². The molecule has 0 unspecified atom stereocenters. The number of halogens is 1. The average Bonchev–Trinajstić information content (AvgIpc) is 2.75. The first-order chi connectivity index (χ1) is 8.16. The van der Waals surface area contributed by atoms with Crippen LogP contribution in [0.1, 0.15) is 43.9 Å². The summed E-state index contributed by atoms with van der Waals surface area (Å²) < 4.78 is 0. The summed E-state index contributed by atoms with van der Waals surface area (Å²) in [5.41, 5.74) is 5.66. The fourth-order valence-corrected chi connectivity index (χ4v) is 3.51. The van der Waals surface area contributed by atoms with Crippen molar-refractivity contribution >= 4 is 28.9 Å².